The van der Waals surface area contributed by atoms with Crippen molar-refractivity contribution >= 4 is 5.91 Å². The normalized spacial score (nSPS) is 19.2. The van der Waals surface area contributed by atoms with Crippen molar-refractivity contribution in [2.24, 2.45) is 0 Å². The molecule has 0 bridgehead atoms. The quantitative estimate of drug-likeness (QED) is 0.912. The van der Waals surface area contributed by atoms with Gasteiger partial charge in [-0.2, -0.15) is 13.2 Å². The van der Waals surface area contributed by atoms with Crippen LogP contribution in [-0.2, 0) is 5.60 Å². The lowest BCUT2D eigenvalue weighted by Gasteiger charge is -2.28. The summed E-state index contributed by atoms with van der Waals surface area (Å²) in [6.45, 7) is 2.07. The molecule has 1 N–H and O–H groups in total. The number of amides is 1. The van der Waals surface area contributed by atoms with E-state index >= 15 is 0 Å². The number of aliphatic hydroxyl groups is 1. The third-order valence-corrected chi connectivity index (χ3v) is 3.89. The summed E-state index contributed by atoms with van der Waals surface area (Å²) in [6, 6.07) is 4.99. The van der Waals surface area contributed by atoms with Crippen LogP contribution in [0.2, 0.25) is 0 Å². The summed E-state index contributed by atoms with van der Waals surface area (Å²) in [5.74, 6) is -0.173. The van der Waals surface area contributed by atoms with Crippen molar-refractivity contribution in [3.63, 3.8) is 0 Å². The summed E-state index contributed by atoms with van der Waals surface area (Å²) < 4.78 is 38.2. The third-order valence-electron chi connectivity index (χ3n) is 3.89. The molecule has 1 fully saturated rings. The van der Waals surface area contributed by atoms with Gasteiger partial charge in [-0.3, -0.25) is 4.79 Å². The summed E-state index contributed by atoms with van der Waals surface area (Å²) in [5.41, 5.74) is -2.84. The van der Waals surface area contributed by atoms with Crippen molar-refractivity contribution < 1.29 is 23.1 Å². The Kier molecular flexibility index (Phi) is 4.27. The fourth-order valence-corrected chi connectivity index (χ4v) is 2.38. The first-order chi connectivity index (χ1) is 9.73. The van der Waals surface area contributed by atoms with Crippen molar-refractivity contribution in [3.05, 3.63) is 35.4 Å². The SMILES string of the molecule is CC(O)(c1ccc(C(=O)N2CCCCC2)cc1)C(F)(F)F. The van der Waals surface area contributed by atoms with Gasteiger partial charge in [0.15, 0.2) is 5.60 Å². The van der Waals surface area contributed by atoms with Gasteiger partial charge in [0.05, 0.1) is 0 Å². The molecule has 1 heterocycles. The van der Waals surface area contributed by atoms with E-state index in [-0.39, 0.29) is 11.5 Å². The van der Waals surface area contributed by atoms with Crippen LogP contribution in [0.1, 0.15) is 42.1 Å². The monoisotopic (exact) mass is 301 g/mol. The smallest absolute Gasteiger partial charge is 0.376 e. The molecular formula is C15H18F3NO2. The summed E-state index contributed by atoms with van der Waals surface area (Å²) in [7, 11) is 0. The Morgan fingerprint density at radius 3 is 2.10 bits per heavy atom. The number of hydrogen-bond acceptors (Lipinski definition) is 2. The van der Waals surface area contributed by atoms with Gasteiger partial charge in [-0.25, -0.2) is 0 Å². The predicted octanol–water partition coefficient (Wildman–Crippen LogP) is 3.08. The van der Waals surface area contributed by atoms with E-state index in [0.717, 1.165) is 31.4 Å². The zero-order valence-electron chi connectivity index (χ0n) is 11.8. The number of hydrogen-bond donors (Lipinski definition) is 1. The maximum atomic E-state index is 12.7. The molecule has 1 aliphatic heterocycles. The summed E-state index contributed by atoms with van der Waals surface area (Å²) in [4.78, 5) is 13.9. The van der Waals surface area contributed by atoms with Gasteiger partial charge in [0.1, 0.15) is 0 Å². The number of likely N-dealkylation sites (tertiary alicyclic amines) is 1. The van der Waals surface area contributed by atoms with E-state index in [2.05, 4.69) is 0 Å². The van der Waals surface area contributed by atoms with Crippen molar-refractivity contribution in [2.75, 3.05) is 13.1 Å². The van der Waals surface area contributed by atoms with Crippen LogP contribution in [-0.4, -0.2) is 35.2 Å². The lowest BCUT2D eigenvalue weighted by molar-refractivity contribution is -0.258. The molecule has 0 aromatic heterocycles. The van der Waals surface area contributed by atoms with Crippen LogP contribution in [0.3, 0.4) is 0 Å². The number of carbonyl (C=O) groups is 1. The Balaban J connectivity index is 2.17. The Hall–Kier alpha value is -1.56. The van der Waals surface area contributed by atoms with E-state index in [1.807, 2.05) is 0 Å². The fraction of sp³-hybridized carbons (Fsp3) is 0.533. The van der Waals surface area contributed by atoms with Gasteiger partial charge < -0.3 is 10.0 Å². The highest BCUT2D eigenvalue weighted by molar-refractivity contribution is 5.94. The zero-order valence-corrected chi connectivity index (χ0v) is 11.8. The number of halogens is 3. The van der Waals surface area contributed by atoms with Crippen LogP contribution >= 0.6 is 0 Å². The van der Waals surface area contributed by atoms with Gasteiger partial charge in [-0.15, -0.1) is 0 Å². The average Bonchev–Trinajstić information content (AvgIpc) is 2.46. The minimum absolute atomic E-state index is 0.173. The van der Waals surface area contributed by atoms with E-state index in [1.165, 1.54) is 12.1 Å². The Labute approximate surface area is 121 Å². The molecule has 3 nitrogen and oxygen atoms in total. The molecule has 21 heavy (non-hydrogen) atoms. The molecule has 6 heteroatoms. The molecular weight excluding hydrogens is 283 g/mol. The van der Waals surface area contributed by atoms with Gasteiger partial charge in [0, 0.05) is 18.7 Å². The van der Waals surface area contributed by atoms with Crippen molar-refractivity contribution in [2.45, 2.75) is 38.0 Å². The fourth-order valence-electron chi connectivity index (χ4n) is 2.38. The van der Waals surface area contributed by atoms with Crippen molar-refractivity contribution in [3.8, 4) is 0 Å². The topological polar surface area (TPSA) is 40.5 Å². The molecule has 1 unspecified atom stereocenters. The molecule has 1 saturated heterocycles. The standard InChI is InChI=1S/C15H18F3NO2/c1-14(21,15(16,17)18)12-7-5-11(6-8-12)13(20)19-9-3-2-4-10-19/h5-8,21H,2-4,9-10H2,1H3. The molecule has 1 aliphatic rings. The van der Waals surface area contributed by atoms with Crippen LogP contribution in [0.25, 0.3) is 0 Å². The lowest BCUT2D eigenvalue weighted by atomic mass is 9.94. The number of benzene rings is 1. The largest absolute Gasteiger partial charge is 0.421 e. The van der Waals surface area contributed by atoms with Crippen LogP contribution in [0.15, 0.2) is 24.3 Å². The van der Waals surface area contributed by atoms with E-state index in [1.54, 1.807) is 4.90 Å². The maximum absolute atomic E-state index is 12.7. The average molecular weight is 301 g/mol. The second kappa shape index (κ2) is 5.67. The van der Waals surface area contributed by atoms with Gasteiger partial charge in [-0.1, -0.05) is 12.1 Å². The van der Waals surface area contributed by atoms with Crippen LogP contribution in [0.4, 0.5) is 13.2 Å². The number of carbonyl (C=O) groups excluding carboxylic acids is 1. The maximum Gasteiger partial charge on any atom is 0.421 e. The van der Waals surface area contributed by atoms with Crippen LogP contribution < -0.4 is 0 Å². The molecule has 116 valence electrons. The first-order valence-electron chi connectivity index (χ1n) is 6.92. The van der Waals surface area contributed by atoms with E-state index in [0.29, 0.717) is 25.6 Å². The Bertz CT molecular complexity index is 503. The Morgan fingerprint density at radius 2 is 1.62 bits per heavy atom. The number of piperidine rings is 1. The molecule has 0 spiro atoms. The molecule has 0 saturated carbocycles. The summed E-state index contributed by atoms with van der Waals surface area (Å²) in [6.07, 6.45) is -1.76. The predicted molar refractivity (Wildman–Crippen MR) is 71.8 cm³/mol. The second-order valence-electron chi connectivity index (χ2n) is 5.50. The van der Waals surface area contributed by atoms with Crippen LogP contribution in [0.5, 0.6) is 0 Å². The van der Waals surface area contributed by atoms with Crippen LogP contribution in [0, 0.1) is 0 Å². The second-order valence-corrected chi connectivity index (χ2v) is 5.50. The zero-order chi connectivity index (χ0) is 15.7. The van der Waals surface area contributed by atoms with Gasteiger partial charge in [0.2, 0.25) is 0 Å². The van der Waals surface area contributed by atoms with E-state index in [4.69, 9.17) is 0 Å². The highest BCUT2D eigenvalue weighted by atomic mass is 19.4. The lowest BCUT2D eigenvalue weighted by Crippen LogP contribution is -2.39. The van der Waals surface area contributed by atoms with Crippen molar-refractivity contribution in [1.82, 2.24) is 4.90 Å². The molecule has 1 aromatic carbocycles. The molecule has 2 rings (SSSR count). The summed E-state index contributed by atoms with van der Waals surface area (Å²) >= 11 is 0. The first-order valence-corrected chi connectivity index (χ1v) is 6.92. The number of alkyl halides is 3. The number of nitrogens with zero attached hydrogens (tertiary/aromatic N) is 1. The Morgan fingerprint density at radius 1 is 1.10 bits per heavy atom. The number of rotatable bonds is 2. The first kappa shape index (κ1) is 15.8. The summed E-state index contributed by atoms with van der Waals surface area (Å²) in [5, 5.41) is 9.58. The highest BCUT2D eigenvalue weighted by Crippen LogP contribution is 2.38. The van der Waals surface area contributed by atoms with Gasteiger partial charge in [-0.05, 0) is 43.9 Å². The van der Waals surface area contributed by atoms with Gasteiger partial charge in [0.25, 0.3) is 5.91 Å². The molecule has 1 aromatic rings. The molecule has 1 amide bonds. The molecule has 0 radical (unpaired) electrons. The molecule has 0 aliphatic carbocycles. The third kappa shape index (κ3) is 3.20. The highest BCUT2D eigenvalue weighted by Gasteiger charge is 2.51. The minimum atomic E-state index is -4.76. The minimum Gasteiger partial charge on any atom is -0.376 e. The van der Waals surface area contributed by atoms with E-state index < -0.39 is 11.8 Å². The van der Waals surface area contributed by atoms with E-state index in [9.17, 15) is 23.1 Å². The van der Waals surface area contributed by atoms with Gasteiger partial charge >= 0.3 is 6.18 Å². The molecule has 1 atom stereocenters. The van der Waals surface area contributed by atoms with Crippen molar-refractivity contribution in [1.29, 1.82) is 0 Å².